The van der Waals surface area contributed by atoms with Crippen molar-refractivity contribution in [2.45, 2.75) is 46.2 Å². The molecule has 0 radical (unpaired) electrons. The highest BCUT2D eigenvalue weighted by molar-refractivity contribution is 4.81. The summed E-state index contributed by atoms with van der Waals surface area (Å²) in [4.78, 5) is 2.19. The van der Waals surface area contributed by atoms with Gasteiger partial charge in [-0.05, 0) is 12.8 Å². The van der Waals surface area contributed by atoms with Gasteiger partial charge in [0.25, 0.3) is 0 Å². The normalized spacial score (nSPS) is 11.6. The van der Waals surface area contributed by atoms with Crippen molar-refractivity contribution in [2.24, 2.45) is 0 Å². The van der Waals surface area contributed by atoms with Gasteiger partial charge < -0.3 is 9.52 Å². The van der Waals surface area contributed by atoms with Gasteiger partial charge in [0.1, 0.15) is 0 Å². The van der Waals surface area contributed by atoms with Crippen LogP contribution in [0.4, 0.5) is 0 Å². The first kappa shape index (κ1) is 13.1. The van der Waals surface area contributed by atoms with Crippen LogP contribution in [0.3, 0.4) is 0 Å². The standard InChI is InChI=1S/C11H21N3O2/c1-4-10(5-2)14(6-7-15)8-11-13-12-9(3)16-11/h10,15H,4-8H2,1-3H3. The topological polar surface area (TPSA) is 62.4 Å². The molecule has 1 N–H and O–H groups in total. The van der Waals surface area contributed by atoms with E-state index in [-0.39, 0.29) is 6.61 Å². The van der Waals surface area contributed by atoms with Gasteiger partial charge in [0.2, 0.25) is 11.8 Å². The molecule has 92 valence electrons. The second kappa shape index (κ2) is 6.60. The lowest BCUT2D eigenvalue weighted by atomic mass is 10.1. The van der Waals surface area contributed by atoms with Gasteiger partial charge in [-0.1, -0.05) is 13.8 Å². The van der Waals surface area contributed by atoms with Gasteiger partial charge in [-0.3, -0.25) is 4.90 Å². The van der Waals surface area contributed by atoms with Crippen molar-refractivity contribution in [3.63, 3.8) is 0 Å². The van der Waals surface area contributed by atoms with Crippen LogP contribution < -0.4 is 0 Å². The Kier molecular flexibility index (Phi) is 5.42. The average Bonchev–Trinajstić information content (AvgIpc) is 2.66. The summed E-state index contributed by atoms with van der Waals surface area (Å²) >= 11 is 0. The Morgan fingerprint density at radius 3 is 2.44 bits per heavy atom. The zero-order valence-corrected chi connectivity index (χ0v) is 10.3. The fourth-order valence-corrected chi connectivity index (χ4v) is 1.90. The second-order valence-electron chi connectivity index (χ2n) is 3.88. The smallest absolute Gasteiger partial charge is 0.230 e. The van der Waals surface area contributed by atoms with Crippen molar-refractivity contribution in [1.82, 2.24) is 15.1 Å². The first-order valence-corrected chi connectivity index (χ1v) is 5.85. The van der Waals surface area contributed by atoms with E-state index in [4.69, 9.17) is 9.52 Å². The molecule has 0 atom stereocenters. The van der Waals surface area contributed by atoms with Crippen molar-refractivity contribution >= 4 is 0 Å². The lowest BCUT2D eigenvalue weighted by Crippen LogP contribution is -2.36. The summed E-state index contributed by atoms with van der Waals surface area (Å²) in [6, 6.07) is 0.458. The Hall–Kier alpha value is -0.940. The van der Waals surface area contributed by atoms with Gasteiger partial charge in [-0.15, -0.1) is 10.2 Å². The molecule has 1 rings (SSSR count). The van der Waals surface area contributed by atoms with E-state index in [1.165, 1.54) is 0 Å². The van der Waals surface area contributed by atoms with Crippen molar-refractivity contribution in [1.29, 1.82) is 0 Å². The molecule has 1 aromatic rings. The van der Waals surface area contributed by atoms with Crippen LogP contribution in [0, 0.1) is 6.92 Å². The first-order valence-electron chi connectivity index (χ1n) is 5.85. The number of rotatable bonds is 7. The number of aromatic nitrogens is 2. The molecule has 0 aliphatic heterocycles. The summed E-state index contributed by atoms with van der Waals surface area (Å²) in [5.74, 6) is 1.21. The van der Waals surface area contributed by atoms with Crippen LogP contribution in [0.25, 0.3) is 0 Å². The van der Waals surface area contributed by atoms with Crippen molar-refractivity contribution < 1.29 is 9.52 Å². The Labute approximate surface area is 96.5 Å². The van der Waals surface area contributed by atoms with E-state index in [1.807, 2.05) is 0 Å². The lowest BCUT2D eigenvalue weighted by molar-refractivity contribution is 0.125. The largest absolute Gasteiger partial charge is 0.424 e. The molecule has 0 aromatic carbocycles. The van der Waals surface area contributed by atoms with Gasteiger partial charge in [0.05, 0.1) is 13.2 Å². The number of aryl methyl sites for hydroxylation is 1. The zero-order valence-electron chi connectivity index (χ0n) is 10.3. The Morgan fingerprint density at radius 2 is 2.00 bits per heavy atom. The third-order valence-electron chi connectivity index (χ3n) is 2.75. The summed E-state index contributed by atoms with van der Waals surface area (Å²) < 4.78 is 5.35. The highest BCUT2D eigenvalue weighted by Gasteiger charge is 2.17. The molecule has 16 heavy (non-hydrogen) atoms. The van der Waals surface area contributed by atoms with Crippen LogP contribution in [0.15, 0.2) is 4.42 Å². The molecule has 0 amide bonds. The third-order valence-corrected chi connectivity index (χ3v) is 2.75. The molecule has 0 unspecified atom stereocenters. The maximum Gasteiger partial charge on any atom is 0.230 e. The quantitative estimate of drug-likeness (QED) is 0.762. The summed E-state index contributed by atoms with van der Waals surface area (Å²) in [5.41, 5.74) is 0. The van der Waals surface area contributed by atoms with Gasteiger partial charge in [-0.2, -0.15) is 0 Å². The molecule has 5 heteroatoms. The second-order valence-corrected chi connectivity index (χ2v) is 3.88. The lowest BCUT2D eigenvalue weighted by Gasteiger charge is -2.28. The minimum Gasteiger partial charge on any atom is -0.424 e. The molecule has 0 aliphatic carbocycles. The monoisotopic (exact) mass is 227 g/mol. The molecular formula is C11H21N3O2. The van der Waals surface area contributed by atoms with E-state index in [1.54, 1.807) is 6.92 Å². The molecule has 1 aromatic heterocycles. The highest BCUT2D eigenvalue weighted by Crippen LogP contribution is 2.12. The molecule has 5 nitrogen and oxygen atoms in total. The summed E-state index contributed by atoms with van der Waals surface area (Å²) in [5, 5.41) is 16.8. The van der Waals surface area contributed by atoms with Gasteiger partial charge in [0, 0.05) is 19.5 Å². The SMILES string of the molecule is CCC(CC)N(CCO)Cc1nnc(C)o1. The van der Waals surface area contributed by atoms with Gasteiger partial charge in [0.15, 0.2) is 0 Å². The predicted molar refractivity (Wildman–Crippen MR) is 60.9 cm³/mol. The van der Waals surface area contributed by atoms with E-state index < -0.39 is 0 Å². The molecule has 0 spiro atoms. The Balaban J connectivity index is 2.63. The summed E-state index contributed by atoms with van der Waals surface area (Å²) in [6.07, 6.45) is 2.12. The van der Waals surface area contributed by atoms with E-state index in [9.17, 15) is 0 Å². The van der Waals surface area contributed by atoms with Crippen molar-refractivity contribution in [2.75, 3.05) is 13.2 Å². The van der Waals surface area contributed by atoms with E-state index >= 15 is 0 Å². The van der Waals surface area contributed by atoms with E-state index in [0.717, 1.165) is 12.8 Å². The predicted octanol–water partition coefficient (Wildman–Crippen LogP) is 1.36. The Morgan fingerprint density at radius 1 is 1.31 bits per heavy atom. The van der Waals surface area contributed by atoms with Crippen LogP contribution in [0.1, 0.15) is 38.5 Å². The summed E-state index contributed by atoms with van der Waals surface area (Å²) in [7, 11) is 0. The fraction of sp³-hybridized carbons (Fsp3) is 0.818. The third kappa shape index (κ3) is 3.57. The first-order chi connectivity index (χ1) is 7.71. The van der Waals surface area contributed by atoms with Crippen LogP contribution in [-0.2, 0) is 6.54 Å². The minimum absolute atomic E-state index is 0.156. The van der Waals surface area contributed by atoms with Crippen molar-refractivity contribution in [3.8, 4) is 0 Å². The van der Waals surface area contributed by atoms with E-state index in [0.29, 0.717) is 30.9 Å². The van der Waals surface area contributed by atoms with Gasteiger partial charge in [-0.25, -0.2) is 0 Å². The zero-order chi connectivity index (χ0) is 12.0. The minimum atomic E-state index is 0.156. The summed E-state index contributed by atoms with van der Waals surface area (Å²) in [6.45, 7) is 7.50. The molecule has 1 heterocycles. The van der Waals surface area contributed by atoms with Gasteiger partial charge >= 0.3 is 0 Å². The number of hydrogen-bond donors (Lipinski definition) is 1. The van der Waals surface area contributed by atoms with Crippen molar-refractivity contribution in [3.05, 3.63) is 11.8 Å². The number of hydrogen-bond acceptors (Lipinski definition) is 5. The van der Waals surface area contributed by atoms with Crippen LogP contribution >= 0.6 is 0 Å². The number of nitrogens with zero attached hydrogens (tertiary/aromatic N) is 3. The number of aliphatic hydroxyl groups excluding tert-OH is 1. The van der Waals surface area contributed by atoms with Crippen LogP contribution in [0.5, 0.6) is 0 Å². The van der Waals surface area contributed by atoms with Crippen LogP contribution in [0.2, 0.25) is 0 Å². The molecule has 0 fully saturated rings. The molecular weight excluding hydrogens is 206 g/mol. The highest BCUT2D eigenvalue weighted by atomic mass is 16.4. The molecule has 0 saturated heterocycles. The van der Waals surface area contributed by atoms with E-state index in [2.05, 4.69) is 28.9 Å². The maximum absolute atomic E-state index is 9.05. The molecule has 0 bridgehead atoms. The molecule has 0 saturated carbocycles. The fourth-order valence-electron chi connectivity index (χ4n) is 1.90. The Bertz CT molecular complexity index is 297. The van der Waals surface area contributed by atoms with Crippen LogP contribution in [-0.4, -0.2) is 39.4 Å². The maximum atomic E-state index is 9.05. The average molecular weight is 227 g/mol. The molecule has 0 aliphatic rings. The number of aliphatic hydroxyl groups is 1.